The molecule has 1 heterocycles. The van der Waals surface area contributed by atoms with Crippen molar-refractivity contribution in [3.05, 3.63) is 65.5 Å². The van der Waals surface area contributed by atoms with E-state index in [4.69, 9.17) is 0 Å². The molecule has 11 nitrogen and oxygen atoms in total. The first kappa shape index (κ1) is 31.4. The van der Waals surface area contributed by atoms with E-state index in [1.807, 2.05) is 7.05 Å². The van der Waals surface area contributed by atoms with E-state index in [0.29, 0.717) is 24.3 Å². The molecular formula is C27H38N6O5S. The molecule has 0 aliphatic carbocycles. The minimum Gasteiger partial charge on any atom is -0.392 e. The number of unbranched alkanes of at least 4 members (excludes halogenated alkanes) is 3. The van der Waals surface area contributed by atoms with Gasteiger partial charge in [-0.3, -0.25) is 19.6 Å². The highest BCUT2D eigenvalue weighted by Gasteiger charge is 2.13. The maximum atomic E-state index is 12.3. The lowest BCUT2D eigenvalue weighted by Gasteiger charge is -2.08. The van der Waals surface area contributed by atoms with Crippen LogP contribution in [-0.4, -0.2) is 56.1 Å². The summed E-state index contributed by atoms with van der Waals surface area (Å²) in [6.07, 6.45) is 11.4. The molecule has 5 N–H and O–H groups in total. The molecule has 0 radical (unpaired) electrons. The van der Waals surface area contributed by atoms with Gasteiger partial charge in [0.05, 0.1) is 11.8 Å². The molecule has 2 rings (SSSR count). The summed E-state index contributed by atoms with van der Waals surface area (Å²) >= 11 is 0. The second kappa shape index (κ2) is 16.9. The Balaban J connectivity index is 1.65. The van der Waals surface area contributed by atoms with Crippen molar-refractivity contribution < 1.29 is 22.6 Å². The fraction of sp³-hybridized carbons (Fsp3) is 0.407. The van der Waals surface area contributed by atoms with E-state index >= 15 is 0 Å². The Labute approximate surface area is 230 Å². The number of hydrogen-bond acceptors (Lipinski definition) is 8. The first-order valence-corrected chi connectivity index (χ1v) is 14.4. The third-order valence-corrected chi connectivity index (χ3v) is 6.60. The predicted molar refractivity (Wildman–Crippen MR) is 152 cm³/mol. The van der Waals surface area contributed by atoms with Gasteiger partial charge in [0.25, 0.3) is 16.0 Å². The topological polar surface area (TPSA) is 162 Å². The number of hydrogen-bond donors (Lipinski definition) is 5. The Morgan fingerprint density at radius 2 is 1.79 bits per heavy atom. The van der Waals surface area contributed by atoms with Crippen LogP contribution >= 0.6 is 0 Å². The molecule has 0 atom stereocenters. The molecule has 212 valence electrons. The average molecular weight is 559 g/mol. The van der Waals surface area contributed by atoms with Crippen LogP contribution < -0.4 is 21.4 Å². The molecule has 2 aromatic rings. The minimum absolute atomic E-state index is 0.0291. The highest BCUT2D eigenvalue weighted by atomic mass is 32.2. The number of amides is 2. The van der Waals surface area contributed by atoms with Crippen molar-refractivity contribution >= 4 is 34.0 Å². The molecular weight excluding hydrogens is 520 g/mol. The smallest absolute Gasteiger partial charge is 0.295 e. The van der Waals surface area contributed by atoms with E-state index in [1.54, 1.807) is 18.2 Å². The summed E-state index contributed by atoms with van der Waals surface area (Å²) in [5.41, 5.74) is 4.45. The van der Waals surface area contributed by atoms with Crippen LogP contribution in [0.1, 0.15) is 67.8 Å². The summed E-state index contributed by atoms with van der Waals surface area (Å²) in [4.78, 5) is 28.2. The first-order chi connectivity index (χ1) is 18.7. The lowest BCUT2D eigenvalue weighted by atomic mass is 10.1. The Morgan fingerprint density at radius 1 is 1.03 bits per heavy atom. The maximum Gasteiger partial charge on any atom is 0.295 e. The summed E-state index contributed by atoms with van der Waals surface area (Å²) in [6, 6.07) is 8.96. The van der Waals surface area contributed by atoms with Crippen molar-refractivity contribution in [1.82, 2.24) is 20.9 Å². The van der Waals surface area contributed by atoms with Gasteiger partial charge in [0.2, 0.25) is 5.91 Å². The summed E-state index contributed by atoms with van der Waals surface area (Å²) < 4.78 is 32.1. The lowest BCUT2D eigenvalue weighted by molar-refractivity contribution is -0.121. The van der Waals surface area contributed by atoms with Gasteiger partial charge in [0.1, 0.15) is 10.7 Å². The van der Waals surface area contributed by atoms with E-state index < -0.39 is 10.1 Å². The predicted octanol–water partition coefficient (Wildman–Crippen LogP) is 3.47. The summed E-state index contributed by atoms with van der Waals surface area (Å²) in [7, 11) is -2.43. The highest BCUT2D eigenvalue weighted by Crippen LogP contribution is 2.13. The molecule has 0 spiro atoms. The molecule has 0 unspecified atom stereocenters. The van der Waals surface area contributed by atoms with Gasteiger partial charge in [0.15, 0.2) is 0 Å². The molecule has 39 heavy (non-hydrogen) atoms. The number of carbonyl (C=O) groups excluding carboxylic acids is 2. The van der Waals surface area contributed by atoms with Gasteiger partial charge in [-0.2, -0.15) is 13.5 Å². The number of rotatable bonds is 17. The first-order valence-electron chi connectivity index (χ1n) is 13.0. The number of nitrogens with one attached hydrogen (secondary N) is 4. The Bertz CT molecular complexity index is 1230. The van der Waals surface area contributed by atoms with Crippen LogP contribution in [-0.2, 0) is 14.9 Å². The Morgan fingerprint density at radius 3 is 2.49 bits per heavy atom. The molecule has 0 aliphatic heterocycles. The van der Waals surface area contributed by atoms with Gasteiger partial charge >= 0.3 is 0 Å². The largest absolute Gasteiger partial charge is 0.392 e. The zero-order chi connectivity index (χ0) is 28.5. The number of hydrazone groups is 1. The van der Waals surface area contributed by atoms with Crippen LogP contribution in [0, 0.1) is 0 Å². The number of nitrogens with zero attached hydrogens (tertiary/aromatic N) is 2. The standard InChI is InChI=1S/C27H38N6O5S/c1-3-10-23(28-2)12-6-4-5-7-14-26(34)29-17-18-30-27(35)22-15-16-25(31-19-22)33-32-20-21-11-8-9-13-24(21)39(36,37)38/h8-9,11-13,15-16,19-20,28H,3-7,10,14,17-18H2,1-2H3,(H,29,34)(H,30,35)(H,31,33)(H,36,37,38)/b23-12-,32-20+. The average Bonchev–Trinajstić information content (AvgIpc) is 2.92. The molecule has 0 saturated carbocycles. The summed E-state index contributed by atoms with van der Waals surface area (Å²) in [5, 5.41) is 12.7. The van der Waals surface area contributed by atoms with Crippen molar-refractivity contribution in [3.8, 4) is 0 Å². The van der Waals surface area contributed by atoms with Crippen molar-refractivity contribution in [3.63, 3.8) is 0 Å². The Hall–Kier alpha value is -3.77. The van der Waals surface area contributed by atoms with Crippen molar-refractivity contribution in [2.75, 3.05) is 25.6 Å². The molecule has 0 fully saturated rings. The highest BCUT2D eigenvalue weighted by molar-refractivity contribution is 7.86. The Kier molecular flexibility index (Phi) is 13.7. The van der Waals surface area contributed by atoms with Gasteiger partial charge in [-0.15, -0.1) is 0 Å². The molecule has 12 heteroatoms. The monoisotopic (exact) mass is 558 g/mol. The van der Waals surface area contributed by atoms with Crippen LogP contribution in [0.25, 0.3) is 0 Å². The second-order valence-electron chi connectivity index (χ2n) is 8.75. The molecule has 0 saturated heterocycles. The summed E-state index contributed by atoms with van der Waals surface area (Å²) in [6.45, 7) is 2.78. The number of carbonyl (C=O) groups is 2. The van der Waals surface area contributed by atoms with Crippen LogP contribution in [0.2, 0.25) is 0 Å². The third kappa shape index (κ3) is 12.1. The number of anilines is 1. The number of allylic oxidation sites excluding steroid dienone is 2. The zero-order valence-corrected chi connectivity index (χ0v) is 23.3. The number of benzene rings is 1. The normalized spacial score (nSPS) is 11.8. The van der Waals surface area contributed by atoms with Gasteiger partial charge in [0, 0.05) is 44.0 Å². The van der Waals surface area contributed by atoms with Crippen molar-refractivity contribution in [1.29, 1.82) is 0 Å². The van der Waals surface area contributed by atoms with Gasteiger partial charge in [-0.05, 0) is 43.9 Å². The SMILES string of the molecule is CCC/C(=C/CCCCCC(=O)NCCNC(=O)c1ccc(N/N=C/c2ccccc2S(=O)(=O)O)nc1)NC. The van der Waals surface area contributed by atoms with E-state index in [-0.39, 0.29) is 28.8 Å². The quantitative estimate of drug-likeness (QED) is 0.0853. The van der Waals surface area contributed by atoms with E-state index in [9.17, 15) is 22.6 Å². The summed E-state index contributed by atoms with van der Waals surface area (Å²) in [5.74, 6) is -0.0247. The molecule has 2 amide bonds. The maximum absolute atomic E-state index is 12.3. The molecule has 1 aromatic heterocycles. The van der Waals surface area contributed by atoms with Gasteiger partial charge in [-0.25, -0.2) is 4.98 Å². The molecule has 0 bridgehead atoms. The van der Waals surface area contributed by atoms with E-state index in [1.165, 1.54) is 36.3 Å². The van der Waals surface area contributed by atoms with Gasteiger partial charge in [-0.1, -0.05) is 44.0 Å². The number of pyridine rings is 1. The van der Waals surface area contributed by atoms with Crippen molar-refractivity contribution in [2.24, 2.45) is 5.10 Å². The second-order valence-corrected chi connectivity index (χ2v) is 10.1. The number of aromatic nitrogens is 1. The van der Waals surface area contributed by atoms with Crippen LogP contribution in [0.15, 0.2) is 64.4 Å². The van der Waals surface area contributed by atoms with Crippen molar-refractivity contribution in [2.45, 2.75) is 56.8 Å². The van der Waals surface area contributed by atoms with Crippen LogP contribution in [0.3, 0.4) is 0 Å². The third-order valence-electron chi connectivity index (χ3n) is 5.68. The lowest BCUT2D eigenvalue weighted by Crippen LogP contribution is -2.34. The van der Waals surface area contributed by atoms with E-state index in [0.717, 1.165) is 38.5 Å². The minimum atomic E-state index is -4.38. The zero-order valence-electron chi connectivity index (χ0n) is 22.4. The fourth-order valence-corrected chi connectivity index (χ4v) is 4.30. The van der Waals surface area contributed by atoms with Gasteiger partial charge < -0.3 is 16.0 Å². The molecule has 1 aromatic carbocycles. The van der Waals surface area contributed by atoms with Crippen LogP contribution in [0.4, 0.5) is 5.82 Å². The van der Waals surface area contributed by atoms with E-state index in [2.05, 4.69) is 44.5 Å². The molecule has 0 aliphatic rings. The fourth-order valence-electron chi connectivity index (χ4n) is 3.63. The van der Waals surface area contributed by atoms with Crippen LogP contribution in [0.5, 0.6) is 0 Å².